The van der Waals surface area contributed by atoms with E-state index >= 15 is 0 Å². The van der Waals surface area contributed by atoms with Gasteiger partial charge >= 0.3 is 6.09 Å². The molecule has 0 radical (unpaired) electrons. The first-order valence-electron chi connectivity index (χ1n) is 4.61. The van der Waals surface area contributed by atoms with Crippen LogP contribution in [-0.4, -0.2) is 58.2 Å². The Morgan fingerprint density at radius 3 is 2.73 bits per heavy atom. The van der Waals surface area contributed by atoms with E-state index < -0.39 is 36.2 Å². The first kappa shape index (κ1) is 10.6. The highest BCUT2D eigenvalue weighted by atomic mass is 16.8. The molecule has 5 atom stereocenters. The van der Waals surface area contributed by atoms with Gasteiger partial charge in [0.25, 0.3) is 0 Å². The van der Waals surface area contributed by atoms with Crippen LogP contribution in [0.25, 0.3) is 0 Å². The van der Waals surface area contributed by atoms with Gasteiger partial charge in [-0.1, -0.05) is 0 Å². The highest BCUT2D eigenvalue weighted by Gasteiger charge is 2.57. The number of carboxylic acid groups (broad SMARTS) is 1. The number of hydrogen-bond acceptors (Lipinski definition) is 5. The molecule has 0 saturated carbocycles. The molecule has 1 amide bonds. The standard InChI is InChI=1S/C8H13NO6/c1-8-6(9-7(12)13)5(11)4(10)3(15-8)2-14-8/h3-6,9-11H,2H2,1H3,(H,12,13)/t3-,4+,5+,6-,8+/m1/s1. The predicted molar refractivity (Wildman–Crippen MR) is 46.2 cm³/mol. The van der Waals surface area contributed by atoms with E-state index in [0.717, 1.165) is 0 Å². The van der Waals surface area contributed by atoms with Gasteiger partial charge in [-0.3, -0.25) is 0 Å². The van der Waals surface area contributed by atoms with Crippen molar-refractivity contribution in [1.29, 1.82) is 0 Å². The lowest BCUT2D eigenvalue weighted by atomic mass is 9.93. The number of nitrogens with one attached hydrogen (secondary N) is 1. The Balaban J connectivity index is 2.22. The molecule has 2 aliphatic rings. The highest BCUT2D eigenvalue weighted by Crippen LogP contribution is 2.36. The molecule has 7 nitrogen and oxygen atoms in total. The van der Waals surface area contributed by atoms with Gasteiger partial charge in [0.05, 0.1) is 6.61 Å². The maximum Gasteiger partial charge on any atom is 0.405 e. The molecular formula is C8H13NO6. The number of carbonyl (C=O) groups is 1. The lowest BCUT2D eigenvalue weighted by Crippen LogP contribution is -2.65. The summed E-state index contributed by atoms with van der Waals surface area (Å²) in [5.41, 5.74) is 0. The molecule has 0 aromatic rings. The zero-order valence-corrected chi connectivity index (χ0v) is 8.08. The lowest BCUT2D eigenvalue weighted by Gasteiger charge is -2.41. The van der Waals surface area contributed by atoms with Crippen LogP contribution in [0, 0.1) is 0 Å². The molecule has 2 fully saturated rings. The topological polar surface area (TPSA) is 108 Å². The second-order valence-electron chi connectivity index (χ2n) is 3.89. The maximum absolute atomic E-state index is 10.5. The minimum Gasteiger partial charge on any atom is -0.465 e. The van der Waals surface area contributed by atoms with Crippen LogP contribution >= 0.6 is 0 Å². The number of amides is 1. The van der Waals surface area contributed by atoms with Crippen molar-refractivity contribution in [3.8, 4) is 0 Å². The van der Waals surface area contributed by atoms with E-state index in [0.29, 0.717) is 0 Å². The van der Waals surface area contributed by atoms with E-state index in [1.165, 1.54) is 6.92 Å². The molecule has 4 N–H and O–H groups in total. The average Bonchev–Trinajstić information content (AvgIpc) is 2.52. The van der Waals surface area contributed by atoms with Crippen LogP contribution in [0.15, 0.2) is 0 Å². The molecule has 7 heteroatoms. The van der Waals surface area contributed by atoms with E-state index in [9.17, 15) is 15.0 Å². The zero-order valence-electron chi connectivity index (χ0n) is 8.08. The Bertz CT molecular complexity index is 284. The Labute approximate surface area is 85.6 Å². The normalized spacial score (nSPS) is 49.0. The maximum atomic E-state index is 10.5. The third kappa shape index (κ3) is 1.57. The average molecular weight is 219 g/mol. The minimum absolute atomic E-state index is 0.145. The van der Waals surface area contributed by atoms with Crippen molar-refractivity contribution in [2.45, 2.75) is 37.1 Å². The van der Waals surface area contributed by atoms with Crippen LogP contribution < -0.4 is 5.32 Å². The Morgan fingerprint density at radius 1 is 1.47 bits per heavy atom. The van der Waals surface area contributed by atoms with E-state index in [4.69, 9.17) is 14.6 Å². The summed E-state index contributed by atoms with van der Waals surface area (Å²) in [6.07, 6.45) is -4.27. The van der Waals surface area contributed by atoms with Gasteiger partial charge in [0.15, 0.2) is 5.79 Å². The molecule has 0 spiro atoms. The molecule has 86 valence electrons. The number of aliphatic hydroxyl groups excluding tert-OH is 2. The summed E-state index contributed by atoms with van der Waals surface area (Å²) in [4.78, 5) is 10.5. The number of hydrogen-bond donors (Lipinski definition) is 4. The van der Waals surface area contributed by atoms with E-state index in [1.807, 2.05) is 0 Å². The van der Waals surface area contributed by atoms with Crippen LogP contribution in [0.3, 0.4) is 0 Å². The number of ether oxygens (including phenoxy) is 2. The van der Waals surface area contributed by atoms with Crippen LogP contribution in [-0.2, 0) is 9.47 Å². The predicted octanol–water partition coefficient (Wildman–Crippen LogP) is -1.51. The van der Waals surface area contributed by atoms with Crippen LogP contribution in [0.5, 0.6) is 0 Å². The van der Waals surface area contributed by atoms with Crippen molar-refractivity contribution >= 4 is 6.09 Å². The third-order valence-electron chi connectivity index (χ3n) is 2.84. The summed E-state index contributed by atoms with van der Waals surface area (Å²) in [7, 11) is 0. The summed E-state index contributed by atoms with van der Waals surface area (Å²) >= 11 is 0. The van der Waals surface area contributed by atoms with Gasteiger partial charge in [-0.15, -0.1) is 0 Å². The van der Waals surface area contributed by atoms with Gasteiger partial charge in [0.1, 0.15) is 24.4 Å². The third-order valence-corrected chi connectivity index (χ3v) is 2.84. The Kier molecular flexibility index (Phi) is 2.34. The second kappa shape index (κ2) is 3.31. The second-order valence-corrected chi connectivity index (χ2v) is 3.89. The van der Waals surface area contributed by atoms with Crippen molar-refractivity contribution in [2.75, 3.05) is 6.61 Å². The molecule has 2 bridgehead atoms. The SMILES string of the molecule is C[C@]12OC[C@@H](O1)[C@H](O)[C@H](O)[C@H]2NC(=O)O. The van der Waals surface area contributed by atoms with Gasteiger partial charge in [0.2, 0.25) is 0 Å². The van der Waals surface area contributed by atoms with E-state index in [2.05, 4.69) is 5.32 Å². The summed E-state index contributed by atoms with van der Waals surface area (Å²) in [5.74, 6) is -1.21. The molecule has 2 saturated heterocycles. The fourth-order valence-corrected chi connectivity index (χ4v) is 2.02. The van der Waals surface area contributed by atoms with E-state index in [1.54, 1.807) is 0 Å². The molecular weight excluding hydrogens is 206 g/mol. The summed E-state index contributed by atoms with van der Waals surface area (Å²) in [6, 6.07) is -0.997. The summed E-state index contributed by atoms with van der Waals surface area (Å²) in [6.45, 7) is 1.68. The molecule has 0 unspecified atom stereocenters. The minimum atomic E-state index is -1.30. The van der Waals surface area contributed by atoms with Crippen molar-refractivity contribution < 1.29 is 29.6 Å². The Morgan fingerprint density at radius 2 is 2.13 bits per heavy atom. The van der Waals surface area contributed by atoms with E-state index in [-0.39, 0.29) is 6.61 Å². The molecule has 0 aromatic carbocycles. The fourth-order valence-electron chi connectivity index (χ4n) is 2.02. The molecule has 0 aromatic heterocycles. The molecule has 2 rings (SSSR count). The highest BCUT2D eigenvalue weighted by molar-refractivity contribution is 5.65. The summed E-state index contributed by atoms with van der Waals surface area (Å²) in [5, 5.41) is 30.0. The first-order valence-corrected chi connectivity index (χ1v) is 4.61. The molecule has 0 aliphatic carbocycles. The zero-order chi connectivity index (χ0) is 11.2. The van der Waals surface area contributed by atoms with Gasteiger partial charge in [-0.05, 0) is 6.92 Å². The van der Waals surface area contributed by atoms with Gasteiger partial charge in [-0.2, -0.15) is 0 Å². The van der Waals surface area contributed by atoms with Crippen molar-refractivity contribution in [3.63, 3.8) is 0 Å². The van der Waals surface area contributed by atoms with Crippen molar-refractivity contribution in [3.05, 3.63) is 0 Å². The smallest absolute Gasteiger partial charge is 0.405 e. The van der Waals surface area contributed by atoms with Gasteiger partial charge in [-0.25, -0.2) is 4.79 Å². The quantitative estimate of drug-likeness (QED) is 0.427. The number of fused-ring (bicyclic) bond motifs is 2. The van der Waals surface area contributed by atoms with Crippen LogP contribution in [0.1, 0.15) is 6.92 Å². The van der Waals surface area contributed by atoms with Crippen molar-refractivity contribution in [1.82, 2.24) is 5.32 Å². The lowest BCUT2D eigenvalue weighted by molar-refractivity contribution is -0.244. The van der Waals surface area contributed by atoms with Gasteiger partial charge < -0.3 is 30.1 Å². The molecule has 15 heavy (non-hydrogen) atoms. The first-order chi connectivity index (χ1) is 6.94. The number of rotatable bonds is 1. The summed E-state index contributed by atoms with van der Waals surface area (Å²) < 4.78 is 10.6. The Hall–Kier alpha value is -0.890. The fraction of sp³-hybridized carbons (Fsp3) is 0.875. The molecule has 2 aliphatic heterocycles. The van der Waals surface area contributed by atoms with Crippen LogP contribution in [0.4, 0.5) is 4.79 Å². The van der Waals surface area contributed by atoms with Crippen molar-refractivity contribution in [2.24, 2.45) is 0 Å². The molecule has 2 heterocycles. The monoisotopic (exact) mass is 219 g/mol. The number of aliphatic hydroxyl groups is 2. The van der Waals surface area contributed by atoms with Crippen LogP contribution in [0.2, 0.25) is 0 Å². The largest absolute Gasteiger partial charge is 0.465 e. The van der Waals surface area contributed by atoms with Gasteiger partial charge in [0, 0.05) is 0 Å².